The zero-order chi connectivity index (χ0) is 29.4. The van der Waals surface area contributed by atoms with E-state index in [1.165, 1.54) is 16.2 Å². The molecule has 1 saturated heterocycles. The van der Waals surface area contributed by atoms with Crippen LogP contribution in [0.5, 0.6) is 0 Å². The van der Waals surface area contributed by atoms with E-state index in [1.807, 2.05) is 19.1 Å². The molecule has 2 aliphatic rings. The molecule has 0 radical (unpaired) electrons. The Hall–Kier alpha value is -3.38. The number of carboxylic acids is 1. The Morgan fingerprint density at radius 3 is 2.35 bits per heavy atom. The number of aliphatic carboxylic acids is 1. The molecule has 4 rings (SSSR count). The van der Waals surface area contributed by atoms with Gasteiger partial charge in [-0.3, -0.25) is 19.2 Å². The summed E-state index contributed by atoms with van der Waals surface area (Å²) in [6.07, 6.45) is -1.27. The smallest absolute Gasteiger partial charge is 0.305 e. The molecule has 4 N–H and O–H groups in total. The van der Waals surface area contributed by atoms with Crippen molar-refractivity contribution in [2.24, 2.45) is 5.41 Å². The van der Waals surface area contributed by atoms with Crippen molar-refractivity contribution in [2.75, 3.05) is 6.54 Å². The van der Waals surface area contributed by atoms with Crippen LogP contribution in [0, 0.1) is 12.3 Å². The van der Waals surface area contributed by atoms with E-state index in [4.69, 9.17) is 0 Å². The van der Waals surface area contributed by atoms with Gasteiger partial charge in [-0.25, -0.2) is 9.37 Å². The fraction of sp³-hybridized carbons (Fsp3) is 0.536. The third-order valence-electron chi connectivity index (χ3n) is 7.37. The fourth-order valence-electron chi connectivity index (χ4n) is 4.86. The highest BCUT2D eigenvalue weighted by Crippen LogP contribution is 2.40. The van der Waals surface area contributed by atoms with Gasteiger partial charge in [-0.2, -0.15) is 0 Å². The highest BCUT2D eigenvalue weighted by molar-refractivity contribution is 7.13. The highest BCUT2D eigenvalue weighted by Gasteiger charge is 2.53. The molecule has 40 heavy (non-hydrogen) atoms. The number of hydrogen-bond acceptors (Lipinski definition) is 7. The molecular weight excluding hydrogens is 539 g/mol. The Kier molecular flexibility index (Phi) is 8.32. The number of amides is 3. The van der Waals surface area contributed by atoms with Gasteiger partial charge in [-0.15, -0.1) is 11.3 Å². The number of aliphatic hydroxyl groups is 1. The lowest BCUT2D eigenvalue weighted by Crippen LogP contribution is -2.59. The van der Waals surface area contributed by atoms with Crippen LogP contribution in [0.1, 0.15) is 63.8 Å². The minimum atomic E-state index is -1.98. The third kappa shape index (κ3) is 6.49. The molecule has 1 aliphatic carbocycles. The predicted octanol–water partition coefficient (Wildman–Crippen LogP) is 2.75. The molecule has 4 atom stereocenters. The first kappa shape index (κ1) is 29.6. The summed E-state index contributed by atoms with van der Waals surface area (Å²) in [5.74, 6) is -3.22. The molecule has 0 bridgehead atoms. The largest absolute Gasteiger partial charge is 0.481 e. The van der Waals surface area contributed by atoms with Gasteiger partial charge in [0.25, 0.3) is 5.91 Å². The van der Waals surface area contributed by atoms with Crippen LogP contribution in [0.4, 0.5) is 4.39 Å². The van der Waals surface area contributed by atoms with Gasteiger partial charge in [0.1, 0.15) is 12.1 Å². The van der Waals surface area contributed by atoms with E-state index < -0.39 is 65.4 Å². The maximum atomic E-state index is 14.4. The van der Waals surface area contributed by atoms with Gasteiger partial charge >= 0.3 is 5.97 Å². The Bertz CT molecular complexity index is 1290. The molecule has 1 aromatic heterocycles. The third-order valence-corrected chi connectivity index (χ3v) is 8.34. The van der Waals surface area contributed by atoms with Crippen molar-refractivity contribution < 1.29 is 33.8 Å². The molecule has 1 aromatic carbocycles. The first-order chi connectivity index (χ1) is 18.7. The van der Waals surface area contributed by atoms with Gasteiger partial charge in [0, 0.05) is 13.0 Å². The minimum Gasteiger partial charge on any atom is -0.481 e. The summed E-state index contributed by atoms with van der Waals surface area (Å²) in [6, 6.07) is 4.03. The molecule has 1 saturated carbocycles. The molecule has 10 nitrogen and oxygen atoms in total. The number of aryl methyl sites for hydroxylation is 1. The molecule has 0 spiro atoms. The van der Waals surface area contributed by atoms with Crippen molar-refractivity contribution in [1.82, 2.24) is 20.5 Å². The van der Waals surface area contributed by atoms with Crippen LogP contribution in [-0.2, 0) is 19.2 Å². The fourth-order valence-corrected chi connectivity index (χ4v) is 5.67. The second kappa shape index (κ2) is 11.2. The Labute approximate surface area is 236 Å². The number of likely N-dealkylation sites (tertiary alicyclic amines) is 1. The first-order valence-corrected chi connectivity index (χ1v) is 14.1. The van der Waals surface area contributed by atoms with Crippen molar-refractivity contribution in [3.8, 4) is 10.4 Å². The van der Waals surface area contributed by atoms with E-state index in [9.17, 15) is 33.8 Å². The number of hydrogen-bond donors (Lipinski definition) is 4. The second-order valence-corrected chi connectivity index (χ2v) is 12.5. The van der Waals surface area contributed by atoms with Gasteiger partial charge in [-0.1, -0.05) is 45.0 Å². The topological polar surface area (TPSA) is 149 Å². The van der Waals surface area contributed by atoms with Crippen LogP contribution in [0.3, 0.4) is 0 Å². The van der Waals surface area contributed by atoms with E-state index in [2.05, 4.69) is 15.6 Å². The van der Waals surface area contributed by atoms with Crippen molar-refractivity contribution in [3.05, 3.63) is 41.0 Å². The lowest BCUT2D eigenvalue weighted by atomic mass is 9.85. The van der Waals surface area contributed by atoms with E-state index in [1.54, 1.807) is 38.4 Å². The molecule has 2 heterocycles. The van der Waals surface area contributed by atoms with Gasteiger partial charge in [-0.05, 0) is 36.3 Å². The second-order valence-electron chi connectivity index (χ2n) is 11.7. The zero-order valence-electron chi connectivity index (χ0n) is 22.9. The summed E-state index contributed by atoms with van der Waals surface area (Å²) in [7, 11) is 0. The summed E-state index contributed by atoms with van der Waals surface area (Å²) in [5.41, 5.74) is 1.31. The van der Waals surface area contributed by atoms with E-state index in [0.29, 0.717) is 5.56 Å². The number of carboxylic acid groups (broad SMARTS) is 1. The van der Waals surface area contributed by atoms with Crippen LogP contribution in [-0.4, -0.2) is 74.2 Å². The zero-order valence-corrected chi connectivity index (χ0v) is 23.8. The number of nitrogens with one attached hydrogen (secondary N) is 2. The number of rotatable bonds is 9. The number of thiazole rings is 1. The Balaban J connectivity index is 1.53. The summed E-state index contributed by atoms with van der Waals surface area (Å²) in [4.78, 5) is 57.7. The van der Waals surface area contributed by atoms with Gasteiger partial charge < -0.3 is 25.7 Å². The number of benzene rings is 1. The number of carbonyl (C=O) groups is 4. The van der Waals surface area contributed by atoms with Crippen LogP contribution < -0.4 is 10.6 Å². The molecule has 3 amide bonds. The van der Waals surface area contributed by atoms with Gasteiger partial charge in [0.2, 0.25) is 11.8 Å². The molecular formula is C28H35FN4O6S. The van der Waals surface area contributed by atoms with Gasteiger partial charge in [0.15, 0.2) is 5.67 Å². The van der Waals surface area contributed by atoms with Crippen molar-refractivity contribution in [2.45, 2.75) is 83.3 Å². The summed E-state index contributed by atoms with van der Waals surface area (Å²) < 4.78 is 14.4. The normalized spacial score (nSPS) is 21.4. The lowest BCUT2D eigenvalue weighted by Gasteiger charge is -2.36. The van der Waals surface area contributed by atoms with E-state index in [-0.39, 0.29) is 25.8 Å². The molecule has 0 unspecified atom stereocenters. The Morgan fingerprint density at radius 2 is 1.82 bits per heavy atom. The van der Waals surface area contributed by atoms with E-state index in [0.717, 1.165) is 16.1 Å². The standard InChI is InChI=1S/C28H35FN4O6S/c1-15-22(40-14-30-15)17-7-5-16(6-8-17)19(12-21(35)36)31-24(37)20-11-18(34)13-33(20)25(38)23(27(2,3)4)32-26(39)28(29)9-10-28/h5-8,14,18-20,23,34H,9-13H2,1-4H3,(H,31,37)(H,32,39)(H,35,36)/t18-,19+,20+,23-/m1/s1. The number of β-amino-alcohol motifs (C(OH)–C–C–N with tert-alkyl or cyclic N) is 1. The maximum absolute atomic E-state index is 14.4. The van der Waals surface area contributed by atoms with E-state index >= 15 is 0 Å². The van der Waals surface area contributed by atoms with Crippen LogP contribution in [0.2, 0.25) is 0 Å². The highest BCUT2D eigenvalue weighted by atomic mass is 32.1. The molecule has 2 fully saturated rings. The van der Waals surface area contributed by atoms with Crippen molar-refractivity contribution in [1.29, 1.82) is 0 Å². The monoisotopic (exact) mass is 574 g/mol. The maximum Gasteiger partial charge on any atom is 0.305 e. The average molecular weight is 575 g/mol. The summed E-state index contributed by atoms with van der Waals surface area (Å²) in [6.45, 7) is 6.90. The Morgan fingerprint density at radius 1 is 1.18 bits per heavy atom. The number of halogens is 1. The summed E-state index contributed by atoms with van der Waals surface area (Å²) in [5, 5.41) is 25.2. The average Bonchev–Trinajstić information content (AvgIpc) is 3.28. The van der Waals surface area contributed by atoms with Crippen LogP contribution in [0.15, 0.2) is 29.8 Å². The molecule has 2 aromatic rings. The summed E-state index contributed by atoms with van der Waals surface area (Å²) >= 11 is 1.49. The SMILES string of the molecule is Cc1ncsc1-c1ccc([C@H](CC(=O)O)NC(=O)[C@@H]2C[C@@H](O)CN2C(=O)[C@@H](NC(=O)C2(F)CC2)C(C)(C)C)cc1. The first-order valence-electron chi connectivity index (χ1n) is 13.2. The predicted molar refractivity (Wildman–Crippen MR) is 146 cm³/mol. The lowest BCUT2D eigenvalue weighted by molar-refractivity contribution is -0.145. The quantitative estimate of drug-likeness (QED) is 0.360. The number of alkyl halides is 1. The van der Waals surface area contributed by atoms with Crippen LogP contribution >= 0.6 is 11.3 Å². The van der Waals surface area contributed by atoms with Gasteiger partial charge in [0.05, 0.1) is 34.6 Å². The number of aromatic nitrogens is 1. The minimum absolute atomic E-state index is 0.0567. The van der Waals surface area contributed by atoms with Crippen LogP contribution in [0.25, 0.3) is 10.4 Å². The van der Waals surface area contributed by atoms with Crippen molar-refractivity contribution in [3.63, 3.8) is 0 Å². The molecule has 216 valence electrons. The number of aliphatic hydroxyl groups excluding tert-OH is 1. The molecule has 12 heteroatoms. The van der Waals surface area contributed by atoms with Crippen molar-refractivity contribution >= 4 is 35.0 Å². The molecule has 1 aliphatic heterocycles. The number of carbonyl (C=O) groups excluding carboxylic acids is 3. The number of nitrogens with zero attached hydrogens (tertiary/aromatic N) is 2.